The molecule has 0 aromatic rings. The van der Waals surface area contributed by atoms with Crippen molar-refractivity contribution in [2.45, 2.75) is 66.3 Å². The first-order valence-corrected chi connectivity index (χ1v) is 7.19. The Morgan fingerprint density at radius 2 is 1.71 bits per heavy atom. The lowest BCUT2D eigenvalue weighted by molar-refractivity contribution is 0.218. The summed E-state index contributed by atoms with van der Waals surface area (Å²) in [6.07, 6.45) is 5.13. The minimum atomic E-state index is 0.322. The first kappa shape index (κ1) is 16.9. The Morgan fingerprint density at radius 3 is 2.18 bits per heavy atom. The molecular weight excluding hydrogens is 208 g/mol. The van der Waals surface area contributed by atoms with Crippen LogP contribution in [0.1, 0.15) is 60.3 Å². The Labute approximate surface area is 109 Å². The molecule has 1 unspecified atom stereocenters. The molecule has 0 aliphatic carbocycles. The average molecular weight is 242 g/mol. The van der Waals surface area contributed by atoms with Gasteiger partial charge in [0.1, 0.15) is 0 Å². The molecule has 0 amide bonds. The van der Waals surface area contributed by atoms with E-state index in [0.717, 1.165) is 12.5 Å². The van der Waals surface area contributed by atoms with E-state index in [1.54, 1.807) is 0 Å². The lowest BCUT2D eigenvalue weighted by Crippen LogP contribution is -2.31. The fourth-order valence-corrected chi connectivity index (χ4v) is 2.15. The van der Waals surface area contributed by atoms with Crippen LogP contribution in [0.25, 0.3) is 0 Å². The van der Waals surface area contributed by atoms with Crippen molar-refractivity contribution in [1.82, 2.24) is 4.90 Å². The van der Waals surface area contributed by atoms with Crippen LogP contribution in [-0.2, 0) is 0 Å². The molecule has 0 heterocycles. The molecule has 0 aliphatic rings. The van der Waals surface area contributed by atoms with Crippen molar-refractivity contribution in [1.29, 1.82) is 0 Å². The van der Waals surface area contributed by atoms with Gasteiger partial charge in [0.25, 0.3) is 0 Å². The van der Waals surface area contributed by atoms with E-state index in [4.69, 9.17) is 5.73 Å². The smallest absolute Gasteiger partial charge is 0.00663 e. The predicted octanol–water partition coefficient (Wildman–Crippen LogP) is 3.51. The highest BCUT2D eigenvalue weighted by atomic mass is 15.1. The van der Waals surface area contributed by atoms with Gasteiger partial charge in [0.05, 0.1) is 0 Å². The number of hydrogen-bond donors (Lipinski definition) is 1. The molecule has 0 saturated carbocycles. The van der Waals surface area contributed by atoms with Gasteiger partial charge in [-0.15, -0.1) is 0 Å². The summed E-state index contributed by atoms with van der Waals surface area (Å²) in [7, 11) is 2.25. The van der Waals surface area contributed by atoms with Gasteiger partial charge in [0.2, 0.25) is 0 Å². The van der Waals surface area contributed by atoms with E-state index < -0.39 is 0 Å². The molecule has 0 spiro atoms. The van der Waals surface area contributed by atoms with E-state index in [1.807, 2.05) is 0 Å². The van der Waals surface area contributed by atoms with Crippen molar-refractivity contribution in [2.75, 3.05) is 20.1 Å². The average Bonchev–Trinajstić information content (AvgIpc) is 2.23. The van der Waals surface area contributed by atoms with Crippen LogP contribution in [-0.4, -0.2) is 31.1 Å². The first-order valence-electron chi connectivity index (χ1n) is 7.19. The van der Waals surface area contributed by atoms with Gasteiger partial charge >= 0.3 is 0 Å². The van der Waals surface area contributed by atoms with Crippen LogP contribution in [0.4, 0.5) is 0 Å². The van der Waals surface area contributed by atoms with Gasteiger partial charge in [-0.2, -0.15) is 0 Å². The van der Waals surface area contributed by atoms with Crippen molar-refractivity contribution in [3.8, 4) is 0 Å². The topological polar surface area (TPSA) is 29.3 Å². The Balaban J connectivity index is 3.67. The molecule has 17 heavy (non-hydrogen) atoms. The summed E-state index contributed by atoms with van der Waals surface area (Å²) in [5.41, 5.74) is 6.06. The van der Waals surface area contributed by atoms with Crippen molar-refractivity contribution in [2.24, 2.45) is 17.1 Å². The van der Waals surface area contributed by atoms with Gasteiger partial charge in [0.15, 0.2) is 0 Å². The summed E-state index contributed by atoms with van der Waals surface area (Å²) in [4.78, 5) is 2.50. The van der Waals surface area contributed by atoms with Crippen molar-refractivity contribution in [3.05, 3.63) is 0 Å². The highest BCUT2D eigenvalue weighted by Crippen LogP contribution is 2.21. The molecule has 0 aromatic heterocycles. The maximum absolute atomic E-state index is 5.74. The Hall–Kier alpha value is -0.0800. The SMILES string of the molecule is CC(C)CC(C)N(C)CCCCC(C)(C)CN. The van der Waals surface area contributed by atoms with Crippen molar-refractivity contribution in [3.63, 3.8) is 0 Å². The zero-order valence-electron chi connectivity index (χ0n) is 12.9. The minimum Gasteiger partial charge on any atom is -0.330 e. The number of unbranched alkanes of at least 4 members (excludes halogenated alkanes) is 1. The zero-order chi connectivity index (χ0) is 13.5. The number of hydrogen-bond acceptors (Lipinski definition) is 2. The van der Waals surface area contributed by atoms with E-state index in [2.05, 4.69) is 46.6 Å². The highest BCUT2D eigenvalue weighted by Gasteiger charge is 2.15. The van der Waals surface area contributed by atoms with Crippen LogP contribution >= 0.6 is 0 Å². The van der Waals surface area contributed by atoms with Gasteiger partial charge in [-0.1, -0.05) is 34.1 Å². The lowest BCUT2D eigenvalue weighted by atomic mass is 9.87. The van der Waals surface area contributed by atoms with Crippen LogP contribution in [0.3, 0.4) is 0 Å². The van der Waals surface area contributed by atoms with Crippen LogP contribution in [0.5, 0.6) is 0 Å². The van der Waals surface area contributed by atoms with Gasteiger partial charge in [0, 0.05) is 6.04 Å². The van der Waals surface area contributed by atoms with Gasteiger partial charge in [-0.05, 0) is 57.7 Å². The van der Waals surface area contributed by atoms with Gasteiger partial charge in [-0.25, -0.2) is 0 Å². The fourth-order valence-electron chi connectivity index (χ4n) is 2.15. The highest BCUT2D eigenvalue weighted by molar-refractivity contribution is 4.70. The molecule has 2 N–H and O–H groups in total. The summed E-state index contributed by atoms with van der Waals surface area (Å²) >= 11 is 0. The van der Waals surface area contributed by atoms with Crippen LogP contribution < -0.4 is 5.73 Å². The molecular formula is C15H34N2. The Kier molecular flexibility index (Phi) is 8.06. The molecule has 1 atom stereocenters. The molecule has 0 bridgehead atoms. The van der Waals surface area contributed by atoms with Crippen LogP contribution in [0, 0.1) is 11.3 Å². The standard InChI is InChI=1S/C15H34N2/c1-13(2)11-14(3)17(6)10-8-7-9-15(4,5)12-16/h13-14H,7-12,16H2,1-6H3. The second-order valence-electron chi connectivity index (χ2n) is 6.78. The van der Waals surface area contributed by atoms with E-state index in [0.29, 0.717) is 11.5 Å². The number of rotatable bonds is 9. The molecule has 0 rings (SSSR count). The Bertz CT molecular complexity index is 187. The first-order chi connectivity index (χ1) is 7.78. The van der Waals surface area contributed by atoms with Gasteiger partial charge < -0.3 is 10.6 Å². The summed E-state index contributed by atoms with van der Waals surface area (Å²) in [6.45, 7) is 13.5. The van der Waals surface area contributed by atoms with E-state index in [9.17, 15) is 0 Å². The van der Waals surface area contributed by atoms with Crippen molar-refractivity contribution >= 4 is 0 Å². The van der Waals surface area contributed by atoms with Crippen LogP contribution in [0.2, 0.25) is 0 Å². The molecule has 0 aromatic carbocycles. The molecule has 0 fully saturated rings. The third-order valence-electron chi connectivity index (χ3n) is 3.73. The second kappa shape index (κ2) is 8.10. The molecule has 0 aliphatic heterocycles. The quantitative estimate of drug-likeness (QED) is 0.627. The fraction of sp³-hybridized carbons (Fsp3) is 1.00. The maximum Gasteiger partial charge on any atom is 0.00663 e. The van der Waals surface area contributed by atoms with Crippen molar-refractivity contribution < 1.29 is 0 Å². The van der Waals surface area contributed by atoms with E-state index in [-0.39, 0.29) is 0 Å². The van der Waals surface area contributed by atoms with Crippen LogP contribution in [0.15, 0.2) is 0 Å². The molecule has 2 heteroatoms. The predicted molar refractivity (Wildman–Crippen MR) is 78.2 cm³/mol. The molecule has 0 radical (unpaired) electrons. The summed E-state index contributed by atoms with van der Waals surface area (Å²) in [5.74, 6) is 0.795. The number of nitrogens with two attached hydrogens (primary N) is 1. The largest absolute Gasteiger partial charge is 0.330 e. The normalized spacial score (nSPS) is 14.6. The summed E-state index contributed by atoms with van der Waals surface area (Å²) < 4.78 is 0. The number of nitrogens with zero attached hydrogens (tertiary/aromatic N) is 1. The van der Waals surface area contributed by atoms with E-state index >= 15 is 0 Å². The third-order valence-corrected chi connectivity index (χ3v) is 3.73. The van der Waals surface area contributed by atoms with Gasteiger partial charge in [-0.3, -0.25) is 0 Å². The summed E-state index contributed by atoms with van der Waals surface area (Å²) in [5, 5.41) is 0. The van der Waals surface area contributed by atoms with E-state index in [1.165, 1.54) is 32.2 Å². The second-order valence-corrected chi connectivity index (χ2v) is 6.78. The summed E-state index contributed by atoms with van der Waals surface area (Å²) in [6, 6.07) is 0.706. The minimum absolute atomic E-state index is 0.322. The molecule has 0 saturated heterocycles. The lowest BCUT2D eigenvalue weighted by Gasteiger charge is -2.27. The third kappa shape index (κ3) is 8.62. The molecule has 104 valence electrons. The maximum atomic E-state index is 5.74. The molecule has 2 nitrogen and oxygen atoms in total. The Morgan fingerprint density at radius 1 is 1.12 bits per heavy atom. The monoisotopic (exact) mass is 242 g/mol. The zero-order valence-corrected chi connectivity index (χ0v) is 12.9.